The predicted molar refractivity (Wildman–Crippen MR) is 437 cm³/mol. The minimum atomic E-state index is -1.94. The van der Waals surface area contributed by atoms with Gasteiger partial charge in [0.05, 0.1) is 6.04 Å². The molecule has 13 atom stereocenters. The van der Waals surface area contributed by atoms with Gasteiger partial charge in [-0.25, -0.2) is 4.79 Å². The lowest BCUT2D eigenvalue weighted by atomic mass is 10.0. The van der Waals surface area contributed by atoms with E-state index < -0.39 is 288 Å². The number of carboxylic acids is 7. The van der Waals surface area contributed by atoms with E-state index in [-0.39, 0.29) is 32.2 Å². The van der Waals surface area contributed by atoms with Gasteiger partial charge in [0.15, 0.2) is 0 Å². The van der Waals surface area contributed by atoms with Crippen molar-refractivity contribution in [1.82, 2.24) is 68.7 Å². The molecule has 0 bridgehead atoms. The molecule has 0 radical (unpaired) electrons. The summed E-state index contributed by atoms with van der Waals surface area (Å²) in [5.74, 6) is -23.1. The Balaban J connectivity index is 1.16. The number of nitrogens with zero attached hydrogens (tertiary/aromatic N) is 1. The molecule has 5 aromatic carbocycles. The van der Waals surface area contributed by atoms with E-state index in [1.54, 1.807) is 127 Å². The number of rotatable bonds is 52. The molecule has 2 aliphatic rings. The van der Waals surface area contributed by atoms with E-state index in [9.17, 15) is 122 Å². The summed E-state index contributed by atoms with van der Waals surface area (Å²) in [4.78, 5) is 261. The van der Waals surface area contributed by atoms with Crippen molar-refractivity contribution in [3.05, 3.63) is 179 Å². The molecule has 0 saturated carbocycles. The number of aliphatic carboxylic acids is 7. The van der Waals surface area contributed by atoms with Gasteiger partial charge in [-0.2, -0.15) is 0 Å². The molecule has 0 aliphatic carbocycles. The molecule has 2 aliphatic heterocycles. The SMILES string of the molecule is O=C(O)CC[C@H](NC(=O)[C@@H]1CCCN1)C(=O)N[C@@H](Cc1ccccc1)C(=O)N[C@@H](CCC(=O)O)C(=O)N[C@@H](Cc1ccccc1)C(=O)N[C@@H](CCC(=O)O)C(=O)N[C@@H](Cc1ccccc1)C(=O)N[C@@H](CCC(=O)O)C(=O)N[C@@H](Cc1ccccc1)C(=O)N[C@@H](CCC(=O)O)C(=O)N[C@@H](Cc1ccccc1)C(=O)N[C@@H](CCC(=O)O)C(=O)N1CCC[C@H]1C(=O)O. The van der Waals surface area contributed by atoms with Crippen molar-refractivity contribution in [3.63, 3.8) is 0 Å². The average molecular weight is 1720 g/mol. The second-order valence-electron chi connectivity index (χ2n) is 29.9. The molecule has 39 nitrogen and oxygen atoms in total. The molecule has 12 amide bonds. The van der Waals surface area contributed by atoms with Crippen molar-refractivity contribution in [3.8, 4) is 0 Å². The fourth-order valence-electron chi connectivity index (χ4n) is 13.9. The van der Waals surface area contributed by atoms with Crippen molar-refractivity contribution in [2.45, 2.75) is 213 Å². The summed E-state index contributed by atoms with van der Waals surface area (Å²) < 4.78 is 0. The van der Waals surface area contributed by atoms with Crippen LogP contribution in [0.2, 0.25) is 0 Å². The zero-order valence-electron chi connectivity index (χ0n) is 67.5. The van der Waals surface area contributed by atoms with Crippen LogP contribution in [0, 0.1) is 0 Å². The topological polar surface area (TPSA) is 614 Å². The summed E-state index contributed by atoms with van der Waals surface area (Å²) in [6.45, 7) is 0.453. The lowest BCUT2D eigenvalue weighted by Gasteiger charge is -2.29. The summed E-state index contributed by atoms with van der Waals surface area (Å²) in [6.07, 6.45) is -8.83. The number of carbonyl (C=O) groups excluding carboxylic acids is 12. The van der Waals surface area contributed by atoms with E-state index in [1.165, 1.54) is 24.3 Å². The van der Waals surface area contributed by atoms with Crippen LogP contribution in [0.15, 0.2) is 152 Å². The maximum Gasteiger partial charge on any atom is 0.326 e. The number of carbonyl (C=O) groups is 19. The number of hydrogen-bond donors (Lipinski definition) is 19. The van der Waals surface area contributed by atoms with Gasteiger partial charge in [-0.3, -0.25) is 86.3 Å². The van der Waals surface area contributed by atoms with Gasteiger partial charge in [0, 0.05) is 77.2 Å². The van der Waals surface area contributed by atoms with Gasteiger partial charge in [-0.15, -0.1) is 0 Å². The third kappa shape index (κ3) is 33.2. The molecule has 7 rings (SSSR count). The molecule has 2 heterocycles. The number of nitrogens with one attached hydrogen (secondary N) is 12. The standard InChI is InChI=1S/C85H103N13O26/c99-67(100)36-30-55(87-73(111)54-28-16-42-86-54)74(112)93-61(44-49-18-6-1-7-19-49)79(117)88-56(31-37-68(101)102)75(113)94-62(45-50-20-8-2-9-21-50)80(118)89-57(32-38-69(103)104)76(114)95-63(46-51-22-10-3-11-23-51)81(119)90-58(33-39-70(105)106)77(115)96-64(47-52-24-12-4-13-25-52)82(120)91-59(34-40-71(107)108)78(116)97-65(48-53-26-14-5-15-27-53)83(121)92-60(35-41-72(109)110)84(122)98-43-17-29-66(98)85(123)124/h1-15,18-27,54-66,86H,16-17,28-48H2,(H,87,111)(H,88,117)(H,89,118)(H,90,119)(H,91,120)(H,92,121)(H,93,112)(H,94,113)(H,95,114)(H,96,115)(H,97,116)(H,99,100)(H,101,102)(H,103,104)(H,105,106)(H,107,108)(H,109,110)(H,123,124)/t54-,55-,56-,57-,58-,59-,60-,61-,62-,63-,64-,65-,66-/m0/s1. The van der Waals surface area contributed by atoms with Gasteiger partial charge in [0.2, 0.25) is 70.9 Å². The van der Waals surface area contributed by atoms with E-state index >= 15 is 4.79 Å². The van der Waals surface area contributed by atoms with Crippen molar-refractivity contribution in [2.75, 3.05) is 13.1 Å². The minimum absolute atomic E-state index is 0.0442. The quantitative estimate of drug-likeness (QED) is 0.0234. The average Bonchev–Trinajstić information content (AvgIpc) is 1.03. The summed E-state index contributed by atoms with van der Waals surface area (Å²) >= 11 is 0. The fraction of sp³-hybridized carbons (Fsp3) is 0.424. The molecule has 2 saturated heterocycles. The van der Waals surface area contributed by atoms with Crippen LogP contribution in [0.25, 0.3) is 0 Å². The summed E-state index contributed by atoms with van der Waals surface area (Å²) in [5.41, 5.74) is 1.91. The Labute approximate surface area is 711 Å². The van der Waals surface area contributed by atoms with Crippen molar-refractivity contribution in [2.24, 2.45) is 0 Å². The molecule has 124 heavy (non-hydrogen) atoms. The highest BCUT2D eigenvalue weighted by molar-refractivity contribution is 6.01. The zero-order chi connectivity index (χ0) is 90.4. The minimum Gasteiger partial charge on any atom is -0.481 e. The normalized spacial score (nSPS) is 16.0. The maximum absolute atomic E-state index is 15.1. The van der Waals surface area contributed by atoms with Crippen LogP contribution in [0.5, 0.6) is 0 Å². The first-order valence-corrected chi connectivity index (χ1v) is 40.3. The summed E-state index contributed by atoms with van der Waals surface area (Å²) in [6, 6.07) is 18.0. The van der Waals surface area contributed by atoms with E-state index in [0.717, 1.165) is 4.90 Å². The molecular weight excluding hydrogens is 1620 g/mol. The van der Waals surface area contributed by atoms with E-state index in [4.69, 9.17) is 0 Å². The highest BCUT2D eigenvalue weighted by Crippen LogP contribution is 2.22. The Morgan fingerprint density at radius 1 is 0.282 bits per heavy atom. The largest absolute Gasteiger partial charge is 0.481 e. The first kappa shape index (κ1) is 97.1. The molecule has 19 N–H and O–H groups in total. The molecular formula is C85H103N13O26. The van der Waals surface area contributed by atoms with Crippen LogP contribution < -0.4 is 63.8 Å². The second-order valence-corrected chi connectivity index (χ2v) is 29.9. The molecule has 5 aromatic rings. The number of benzene rings is 5. The number of carboxylic acid groups (broad SMARTS) is 7. The molecule has 664 valence electrons. The van der Waals surface area contributed by atoms with Gasteiger partial charge < -0.3 is 104 Å². The van der Waals surface area contributed by atoms with Gasteiger partial charge in [-0.05, 0) is 98.6 Å². The summed E-state index contributed by atoms with van der Waals surface area (Å²) in [7, 11) is 0. The van der Waals surface area contributed by atoms with Gasteiger partial charge in [0.1, 0.15) is 72.5 Å². The molecule has 0 unspecified atom stereocenters. The lowest BCUT2D eigenvalue weighted by Crippen LogP contribution is -2.61. The Bertz CT molecular complexity index is 4570. The molecule has 2 fully saturated rings. The van der Waals surface area contributed by atoms with Crippen molar-refractivity contribution in [1.29, 1.82) is 0 Å². The number of likely N-dealkylation sites (tertiary alicyclic amines) is 1. The fourth-order valence-corrected chi connectivity index (χ4v) is 13.9. The molecule has 39 heteroatoms. The Kier molecular flexibility index (Phi) is 38.9. The van der Waals surface area contributed by atoms with Crippen molar-refractivity contribution < 1.29 is 127 Å². The van der Waals surface area contributed by atoms with Crippen LogP contribution in [0.4, 0.5) is 0 Å². The Hall–Kier alpha value is -14.0. The van der Waals surface area contributed by atoms with E-state index in [1.807, 2.05) is 0 Å². The monoisotopic (exact) mass is 1720 g/mol. The Morgan fingerprint density at radius 2 is 0.500 bits per heavy atom. The Morgan fingerprint density at radius 3 is 0.726 bits per heavy atom. The van der Waals surface area contributed by atoms with Crippen LogP contribution in [-0.2, 0) is 123 Å². The zero-order valence-corrected chi connectivity index (χ0v) is 67.5. The number of hydrogen-bond acceptors (Lipinski definition) is 20. The van der Waals surface area contributed by atoms with Crippen LogP contribution in [0.1, 0.15) is 131 Å². The first-order valence-electron chi connectivity index (χ1n) is 40.3. The third-order valence-electron chi connectivity index (χ3n) is 20.4. The van der Waals surface area contributed by atoms with Gasteiger partial charge in [-0.1, -0.05) is 152 Å². The highest BCUT2D eigenvalue weighted by Gasteiger charge is 2.42. The van der Waals surface area contributed by atoms with Crippen LogP contribution in [0.3, 0.4) is 0 Å². The summed E-state index contributed by atoms with van der Waals surface area (Å²) in [5, 5.41) is 99.4. The highest BCUT2D eigenvalue weighted by atomic mass is 16.4. The second kappa shape index (κ2) is 49.7. The first-order chi connectivity index (χ1) is 59.2. The molecule has 0 spiro atoms. The van der Waals surface area contributed by atoms with Gasteiger partial charge >= 0.3 is 41.8 Å². The van der Waals surface area contributed by atoms with Gasteiger partial charge in [0.25, 0.3) is 0 Å². The van der Waals surface area contributed by atoms with Crippen LogP contribution in [-0.4, -0.2) is 245 Å². The van der Waals surface area contributed by atoms with E-state index in [2.05, 4.69) is 63.8 Å². The molecule has 0 aromatic heterocycles. The lowest BCUT2D eigenvalue weighted by molar-refractivity contribution is -0.150. The third-order valence-corrected chi connectivity index (χ3v) is 20.4. The van der Waals surface area contributed by atoms with Crippen LogP contribution >= 0.6 is 0 Å². The predicted octanol–water partition coefficient (Wildman–Crippen LogP) is -0.451. The van der Waals surface area contributed by atoms with E-state index in [0.29, 0.717) is 47.2 Å². The smallest absolute Gasteiger partial charge is 0.326 e. The maximum atomic E-state index is 15.1. The number of amides is 12. The van der Waals surface area contributed by atoms with Crippen molar-refractivity contribution >= 4 is 113 Å².